The van der Waals surface area contributed by atoms with Crippen molar-refractivity contribution in [3.05, 3.63) is 75.2 Å². The molecule has 4 fully saturated rings. The van der Waals surface area contributed by atoms with Crippen LogP contribution in [0.25, 0.3) is 10.9 Å². The molecule has 6 heterocycles. The van der Waals surface area contributed by atoms with E-state index in [0.717, 1.165) is 74.0 Å². The van der Waals surface area contributed by atoms with Crippen molar-refractivity contribution in [2.45, 2.75) is 115 Å². The van der Waals surface area contributed by atoms with Gasteiger partial charge in [-0.05, 0) is 108 Å². The van der Waals surface area contributed by atoms with Crippen LogP contribution in [0.2, 0.25) is 5.02 Å². The fourth-order valence-corrected chi connectivity index (χ4v) is 10.4. The molecule has 0 spiro atoms. The molecule has 2 aromatic heterocycles. The molecule has 0 bridgehead atoms. The number of piperidine rings is 2. The summed E-state index contributed by atoms with van der Waals surface area (Å²) in [5.74, 6) is -0.0159. The molecule has 4 aliphatic heterocycles. The first kappa shape index (κ1) is 44.4. The van der Waals surface area contributed by atoms with Gasteiger partial charge in [0.15, 0.2) is 18.2 Å². The Morgan fingerprint density at radius 1 is 0.969 bits per heavy atom. The Labute approximate surface area is 382 Å². The number of benzene rings is 2. The number of aromatic nitrogens is 3. The molecule has 2 aromatic carbocycles. The minimum Gasteiger partial charge on any atom is -0.478 e. The van der Waals surface area contributed by atoms with Gasteiger partial charge in [0.1, 0.15) is 11.1 Å². The van der Waals surface area contributed by atoms with Gasteiger partial charge in [0.25, 0.3) is 17.4 Å². The van der Waals surface area contributed by atoms with Crippen molar-refractivity contribution < 1.29 is 28.7 Å². The number of hydrogen-bond donors (Lipinski definition) is 3. The lowest BCUT2D eigenvalue weighted by molar-refractivity contribution is -0.137. The molecule has 0 radical (unpaired) electrons. The molecule has 4 amide bonds. The lowest BCUT2D eigenvalue weighted by Crippen LogP contribution is -2.62. The second-order valence-electron chi connectivity index (χ2n) is 18.4. The monoisotopic (exact) mass is 908 g/mol. The average Bonchev–Trinajstić information content (AvgIpc) is 3.59. The van der Waals surface area contributed by atoms with Crippen molar-refractivity contribution in [1.29, 1.82) is 0 Å². The summed E-state index contributed by atoms with van der Waals surface area (Å²) in [5, 5.41) is 9.36. The molecule has 3 atom stereocenters. The summed E-state index contributed by atoms with van der Waals surface area (Å²) in [4.78, 5) is 80.9. The molecule has 4 aromatic rings. The van der Waals surface area contributed by atoms with Crippen molar-refractivity contribution in [3.8, 4) is 5.75 Å². The van der Waals surface area contributed by atoms with Crippen molar-refractivity contribution in [2.24, 2.45) is 0 Å². The Hall–Kier alpha value is -5.78. The predicted molar refractivity (Wildman–Crippen MR) is 247 cm³/mol. The average molecular weight is 909 g/mol. The molecule has 18 heteroatoms. The SMILES string of the molecule is CNC(=O)COc1cc2cc(Nc3nc(N4CCC(OC5CC(N6C[C@@H](C)N(c7ccc8c(c7)CN(C7CCC(=O)NC7=O)C8=O)[C@@H](C)C6)C5)CC4)ncc3Cl)ccc2n(C(C)C)c1=O. The number of carbonyl (C=O) groups is 4. The third-order valence-electron chi connectivity index (χ3n) is 13.6. The van der Waals surface area contributed by atoms with Gasteiger partial charge in [0.2, 0.25) is 17.8 Å². The maximum atomic E-state index is 13.3. The number of rotatable bonds is 12. The molecule has 1 saturated carbocycles. The van der Waals surface area contributed by atoms with E-state index in [1.54, 1.807) is 21.7 Å². The number of likely N-dealkylation sites (N-methyl/N-ethyl adjacent to an activating group) is 1. The molecule has 65 heavy (non-hydrogen) atoms. The maximum Gasteiger partial charge on any atom is 0.293 e. The van der Waals surface area contributed by atoms with Crippen LogP contribution >= 0.6 is 11.6 Å². The van der Waals surface area contributed by atoms with E-state index in [4.69, 9.17) is 26.1 Å². The van der Waals surface area contributed by atoms with E-state index in [2.05, 4.69) is 55.5 Å². The molecule has 17 nitrogen and oxygen atoms in total. The zero-order chi connectivity index (χ0) is 45.7. The first-order valence-electron chi connectivity index (χ1n) is 22.8. The summed E-state index contributed by atoms with van der Waals surface area (Å²) in [5.41, 5.74) is 3.79. The quantitative estimate of drug-likeness (QED) is 0.166. The first-order valence-corrected chi connectivity index (χ1v) is 23.1. The van der Waals surface area contributed by atoms with E-state index in [9.17, 15) is 24.0 Å². The van der Waals surface area contributed by atoms with Gasteiger partial charge >= 0.3 is 0 Å². The van der Waals surface area contributed by atoms with Gasteiger partial charge in [-0.15, -0.1) is 0 Å². The van der Waals surface area contributed by atoms with Crippen LogP contribution < -0.4 is 36.0 Å². The highest BCUT2D eigenvalue weighted by molar-refractivity contribution is 6.33. The zero-order valence-electron chi connectivity index (χ0n) is 37.5. The smallest absolute Gasteiger partial charge is 0.293 e. The third-order valence-corrected chi connectivity index (χ3v) is 13.9. The maximum absolute atomic E-state index is 13.3. The highest BCUT2D eigenvalue weighted by atomic mass is 35.5. The molecule has 1 unspecified atom stereocenters. The van der Waals surface area contributed by atoms with Crippen molar-refractivity contribution in [1.82, 2.24) is 35.0 Å². The normalized spacial score (nSPS) is 24.0. The summed E-state index contributed by atoms with van der Waals surface area (Å²) in [6, 6.07) is 13.6. The number of anilines is 4. The number of piperazine rings is 1. The van der Waals surface area contributed by atoms with Crippen molar-refractivity contribution in [3.63, 3.8) is 0 Å². The molecular formula is C47H57ClN10O7. The van der Waals surface area contributed by atoms with E-state index in [1.165, 1.54) is 7.05 Å². The number of carbonyl (C=O) groups excluding carboxylic acids is 4. The lowest BCUT2D eigenvalue weighted by Gasteiger charge is -2.52. The van der Waals surface area contributed by atoms with E-state index in [-0.39, 0.29) is 72.4 Å². The Morgan fingerprint density at radius 2 is 1.72 bits per heavy atom. The van der Waals surface area contributed by atoms with Crippen LogP contribution in [-0.2, 0) is 25.7 Å². The minimum atomic E-state index is -0.622. The third kappa shape index (κ3) is 8.97. The molecular weight excluding hydrogens is 852 g/mol. The lowest BCUT2D eigenvalue weighted by atomic mass is 9.86. The Kier molecular flexibility index (Phi) is 12.5. The summed E-state index contributed by atoms with van der Waals surface area (Å²) in [7, 11) is 1.52. The van der Waals surface area contributed by atoms with Gasteiger partial charge in [0.05, 0.1) is 23.9 Å². The van der Waals surface area contributed by atoms with Crippen LogP contribution in [0.5, 0.6) is 5.75 Å². The zero-order valence-corrected chi connectivity index (χ0v) is 38.3. The second-order valence-corrected chi connectivity index (χ2v) is 18.8. The van der Waals surface area contributed by atoms with Crippen molar-refractivity contribution in [2.75, 3.05) is 55.0 Å². The topological polar surface area (TPSA) is 184 Å². The number of halogens is 1. The summed E-state index contributed by atoms with van der Waals surface area (Å²) >= 11 is 6.61. The molecule has 9 rings (SSSR count). The number of fused-ring (bicyclic) bond motifs is 2. The number of imide groups is 1. The van der Waals surface area contributed by atoms with Gasteiger partial charge in [-0.2, -0.15) is 4.98 Å². The van der Waals surface area contributed by atoms with Crippen LogP contribution in [0.4, 0.5) is 23.1 Å². The van der Waals surface area contributed by atoms with Crippen LogP contribution in [0, 0.1) is 0 Å². The molecule has 3 saturated heterocycles. The van der Waals surface area contributed by atoms with E-state index in [0.29, 0.717) is 47.0 Å². The standard InChI is InChI=1S/C47H57ClN10O7/c1-26(2)57-38-9-6-31(16-29(38)18-40(46(57)63)64-25-42(60)49-5)51-43-37(48)21-50-47(53-43)54-14-12-34(13-15-54)65-35-19-33(20-35)55-22-27(3)58(28(4)23-55)32-7-8-36-30(17-32)24-56(45(36)62)39-10-11-41(59)52-44(39)61/h6-9,16-18,21,26-28,33-35,39H,10-15,19-20,22-25H2,1-5H3,(H,49,60)(H,50,51,53)(H,52,59,61)/t27-,28+,33?,35?,39?. The van der Waals surface area contributed by atoms with Gasteiger partial charge in [-0.3, -0.25) is 34.2 Å². The second kappa shape index (κ2) is 18.2. The summed E-state index contributed by atoms with van der Waals surface area (Å²) in [6.07, 6.45) is 6.37. The van der Waals surface area contributed by atoms with Crippen LogP contribution in [0.1, 0.15) is 88.2 Å². The summed E-state index contributed by atoms with van der Waals surface area (Å²) in [6.45, 7) is 11.9. The largest absolute Gasteiger partial charge is 0.478 e. The van der Waals surface area contributed by atoms with Gasteiger partial charge in [0, 0.05) is 92.7 Å². The Bertz CT molecular complexity index is 2560. The van der Waals surface area contributed by atoms with Crippen LogP contribution in [0.15, 0.2) is 53.5 Å². The van der Waals surface area contributed by atoms with E-state index < -0.39 is 11.9 Å². The van der Waals surface area contributed by atoms with E-state index >= 15 is 0 Å². The molecule has 1 aliphatic carbocycles. The number of nitrogens with one attached hydrogen (secondary N) is 3. The minimum absolute atomic E-state index is 0.0933. The van der Waals surface area contributed by atoms with Crippen LogP contribution in [0.3, 0.4) is 0 Å². The number of ether oxygens (including phenoxy) is 2. The Morgan fingerprint density at radius 3 is 2.43 bits per heavy atom. The predicted octanol–water partition coefficient (Wildman–Crippen LogP) is 4.77. The fourth-order valence-electron chi connectivity index (χ4n) is 10.3. The number of hydrogen-bond acceptors (Lipinski definition) is 13. The van der Waals surface area contributed by atoms with E-state index in [1.807, 2.05) is 44.2 Å². The molecule has 5 aliphatic rings. The van der Waals surface area contributed by atoms with Crippen molar-refractivity contribution >= 4 is 69.3 Å². The highest BCUT2D eigenvalue weighted by Gasteiger charge is 2.42. The number of pyridine rings is 1. The first-order chi connectivity index (χ1) is 31.2. The van der Waals surface area contributed by atoms with Gasteiger partial charge in [-0.1, -0.05) is 11.6 Å². The van der Waals surface area contributed by atoms with Crippen LogP contribution in [-0.4, -0.2) is 124 Å². The number of nitrogens with zero attached hydrogens (tertiary/aromatic N) is 7. The fraction of sp³-hybridized carbons (Fsp3) is 0.511. The van der Waals surface area contributed by atoms with Gasteiger partial charge in [-0.25, -0.2) is 4.98 Å². The summed E-state index contributed by atoms with van der Waals surface area (Å²) < 4.78 is 13.9. The Balaban J connectivity index is 0.759. The van der Waals surface area contributed by atoms with Gasteiger partial charge < -0.3 is 39.4 Å². The highest BCUT2D eigenvalue weighted by Crippen LogP contribution is 2.37. The molecule has 344 valence electrons. The number of amides is 4. The molecule has 3 N–H and O–H groups in total.